The van der Waals surface area contributed by atoms with E-state index in [4.69, 9.17) is 19.2 Å². The Bertz CT molecular complexity index is 500. The van der Waals surface area contributed by atoms with E-state index in [0.29, 0.717) is 11.3 Å². The second kappa shape index (κ2) is 5.02. The maximum absolute atomic E-state index is 14.3. The summed E-state index contributed by atoms with van der Waals surface area (Å²) < 4.78 is 31.2. The molecular weight excluding hydrogens is 262 g/mol. The molecule has 0 amide bonds. The third-order valence-electron chi connectivity index (χ3n) is 4.04. The number of ether oxygens (including phenoxy) is 1. The molecule has 1 fully saturated rings. The van der Waals surface area contributed by atoms with E-state index in [2.05, 4.69) is 0 Å². The van der Waals surface area contributed by atoms with E-state index in [1.54, 1.807) is 6.07 Å². The fourth-order valence-electron chi connectivity index (χ4n) is 2.10. The zero-order valence-electron chi connectivity index (χ0n) is 12.5. The molecule has 0 radical (unpaired) electrons. The van der Waals surface area contributed by atoms with E-state index in [0.717, 1.165) is 0 Å². The molecule has 0 atom stereocenters. The molecule has 1 heterocycles. The summed E-state index contributed by atoms with van der Waals surface area (Å²) in [5.74, 6) is -0.195. The van der Waals surface area contributed by atoms with E-state index in [9.17, 15) is 4.39 Å². The number of aliphatic hydroxyl groups is 1. The first-order valence-corrected chi connectivity index (χ1v) is 6.54. The van der Waals surface area contributed by atoms with Gasteiger partial charge in [-0.05, 0) is 45.4 Å². The van der Waals surface area contributed by atoms with E-state index >= 15 is 0 Å². The molecule has 1 N–H and O–H groups in total. The summed E-state index contributed by atoms with van der Waals surface area (Å²) in [6.07, 6.45) is 0. The van der Waals surface area contributed by atoms with Gasteiger partial charge in [0.1, 0.15) is 11.6 Å². The largest absolute Gasteiger partial charge is 0.501 e. The highest BCUT2D eigenvalue weighted by Gasteiger charge is 2.53. The summed E-state index contributed by atoms with van der Waals surface area (Å²) in [6.45, 7) is 7.36. The molecule has 0 bridgehead atoms. The number of hydrogen-bond donors (Lipinski definition) is 1. The molecule has 1 aliphatic rings. The quantitative estimate of drug-likeness (QED) is 0.856. The van der Waals surface area contributed by atoms with Crippen molar-refractivity contribution < 1.29 is 23.5 Å². The van der Waals surface area contributed by atoms with Crippen LogP contribution in [-0.2, 0) is 15.9 Å². The van der Waals surface area contributed by atoms with E-state index in [-0.39, 0.29) is 12.1 Å². The van der Waals surface area contributed by atoms with E-state index in [1.165, 1.54) is 13.2 Å². The summed E-state index contributed by atoms with van der Waals surface area (Å²) in [5.41, 5.74) is -0.432. The van der Waals surface area contributed by atoms with Crippen LogP contribution in [0, 0.1) is 5.82 Å². The van der Waals surface area contributed by atoms with Crippen molar-refractivity contribution in [2.24, 2.45) is 0 Å². The highest BCUT2D eigenvalue weighted by atomic mass is 19.1. The maximum Gasteiger partial charge on any atom is 0.501 e. The Hall–Kier alpha value is -1.11. The maximum atomic E-state index is 14.3. The van der Waals surface area contributed by atoms with E-state index in [1.807, 2.05) is 27.7 Å². The number of halogens is 1. The third kappa shape index (κ3) is 2.43. The van der Waals surface area contributed by atoms with Crippen molar-refractivity contribution >= 4 is 12.6 Å². The Labute approximate surface area is 119 Å². The normalized spacial score (nSPS) is 20.2. The van der Waals surface area contributed by atoms with Crippen LogP contribution in [0.5, 0.6) is 5.75 Å². The van der Waals surface area contributed by atoms with E-state index < -0.39 is 24.1 Å². The molecule has 6 heteroatoms. The Kier molecular flexibility index (Phi) is 3.84. The second-order valence-corrected chi connectivity index (χ2v) is 5.94. The summed E-state index contributed by atoms with van der Waals surface area (Å²) in [4.78, 5) is 0. The fourth-order valence-corrected chi connectivity index (χ4v) is 2.10. The topological polar surface area (TPSA) is 47.9 Å². The Morgan fingerprint density at radius 1 is 1.20 bits per heavy atom. The molecule has 1 saturated heterocycles. The smallest absolute Gasteiger partial charge is 0.497 e. The van der Waals surface area contributed by atoms with Crippen LogP contribution in [0.2, 0.25) is 0 Å². The standard InChI is InChI=1S/C14H20BFO4/c1-13(2)14(3,4)20-15(19-13)12-10(16)6-9(8-17)7-11(12)18-5/h6-7,17H,8H2,1-5H3. The first-order valence-electron chi connectivity index (χ1n) is 6.54. The molecule has 20 heavy (non-hydrogen) atoms. The first kappa shape index (κ1) is 15.3. The van der Waals surface area contributed by atoms with Crippen LogP contribution in [0.4, 0.5) is 4.39 Å². The van der Waals surface area contributed by atoms with Crippen molar-refractivity contribution in [2.45, 2.75) is 45.5 Å². The van der Waals surface area contributed by atoms with Crippen LogP contribution in [0.25, 0.3) is 0 Å². The predicted molar refractivity (Wildman–Crippen MR) is 74.6 cm³/mol. The summed E-state index contributed by atoms with van der Waals surface area (Å²) in [5, 5.41) is 9.12. The zero-order valence-corrected chi connectivity index (χ0v) is 12.5. The van der Waals surface area contributed by atoms with Crippen LogP contribution >= 0.6 is 0 Å². The van der Waals surface area contributed by atoms with Gasteiger partial charge in [-0.15, -0.1) is 0 Å². The highest BCUT2D eigenvalue weighted by molar-refractivity contribution is 6.63. The third-order valence-corrected chi connectivity index (χ3v) is 4.04. The summed E-state index contributed by atoms with van der Waals surface area (Å²) in [6, 6.07) is 2.85. The van der Waals surface area contributed by atoms with Gasteiger partial charge in [-0.25, -0.2) is 4.39 Å². The Morgan fingerprint density at radius 2 is 1.75 bits per heavy atom. The zero-order chi connectivity index (χ0) is 15.1. The van der Waals surface area contributed by atoms with Gasteiger partial charge in [0.25, 0.3) is 0 Å². The SMILES string of the molecule is COc1cc(CO)cc(F)c1B1OC(C)(C)C(C)(C)O1. The minimum atomic E-state index is -0.831. The molecule has 1 aliphatic heterocycles. The number of methoxy groups -OCH3 is 1. The first-order chi connectivity index (χ1) is 9.21. The molecule has 4 nitrogen and oxygen atoms in total. The average Bonchev–Trinajstić information content (AvgIpc) is 2.56. The Morgan fingerprint density at radius 3 is 2.20 bits per heavy atom. The second-order valence-electron chi connectivity index (χ2n) is 5.94. The van der Waals surface area contributed by atoms with Gasteiger partial charge < -0.3 is 19.2 Å². The fraction of sp³-hybridized carbons (Fsp3) is 0.571. The minimum absolute atomic E-state index is 0.225. The van der Waals surface area contributed by atoms with Crippen LogP contribution < -0.4 is 10.2 Å². The van der Waals surface area contributed by atoms with Gasteiger partial charge in [-0.2, -0.15) is 0 Å². The minimum Gasteiger partial charge on any atom is -0.497 e. The van der Waals surface area contributed by atoms with Gasteiger partial charge in [-0.1, -0.05) is 0 Å². The van der Waals surface area contributed by atoms with Crippen LogP contribution in [0.15, 0.2) is 12.1 Å². The highest BCUT2D eigenvalue weighted by Crippen LogP contribution is 2.37. The number of hydrogen-bond acceptors (Lipinski definition) is 4. The van der Waals surface area contributed by atoms with Crippen molar-refractivity contribution in [3.8, 4) is 5.75 Å². The summed E-state index contributed by atoms with van der Waals surface area (Å²) in [7, 11) is 0.618. The number of rotatable bonds is 3. The van der Waals surface area contributed by atoms with Crippen LogP contribution in [-0.4, -0.2) is 30.5 Å². The van der Waals surface area contributed by atoms with Gasteiger partial charge >= 0.3 is 7.12 Å². The Balaban J connectivity index is 2.44. The molecular formula is C14H20BFO4. The van der Waals surface area contributed by atoms with Crippen molar-refractivity contribution in [3.05, 3.63) is 23.5 Å². The van der Waals surface area contributed by atoms with Gasteiger partial charge in [0.05, 0.1) is 30.4 Å². The lowest BCUT2D eigenvalue weighted by Gasteiger charge is -2.32. The van der Waals surface area contributed by atoms with Gasteiger partial charge in [0.15, 0.2) is 0 Å². The molecule has 1 aromatic carbocycles. The average molecular weight is 282 g/mol. The van der Waals surface area contributed by atoms with Crippen LogP contribution in [0.3, 0.4) is 0 Å². The monoisotopic (exact) mass is 282 g/mol. The van der Waals surface area contributed by atoms with Gasteiger partial charge in [0, 0.05) is 0 Å². The van der Waals surface area contributed by atoms with Crippen molar-refractivity contribution in [3.63, 3.8) is 0 Å². The van der Waals surface area contributed by atoms with Crippen molar-refractivity contribution in [2.75, 3.05) is 7.11 Å². The van der Waals surface area contributed by atoms with Crippen LogP contribution in [0.1, 0.15) is 33.3 Å². The van der Waals surface area contributed by atoms with Gasteiger partial charge in [0.2, 0.25) is 0 Å². The molecule has 0 aliphatic carbocycles. The van der Waals surface area contributed by atoms with Gasteiger partial charge in [-0.3, -0.25) is 0 Å². The molecule has 0 spiro atoms. The molecule has 0 unspecified atom stereocenters. The molecule has 0 saturated carbocycles. The lowest BCUT2D eigenvalue weighted by atomic mass is 9.77. The molecule has 1 aromatic rings. The lowest BCUT2D eigenvalue weighted by molar-refractivity contribution is 0.00578. The molecule has 0 aromatic heterocycles. The number of benzene rings is 1. The van der Waals surface area contributed by atoms with Crippen molar-refractivity contribution in [1.82, 2.24) is 0 Å². The molecule has 110 valence electrons. The molecule has 2 rings (SSSR count). The predicted octanol–water partition coefficient (Wildman–Crippen LogP) is 1.63. The number of aliphatic hydroxyl groups excluding tert-OH is 1. The van der Waals surface area contributed by atoms with Crippen molar-refractivity contribution in [1.29, 1.82) is 0 Å². The lowest BCUT2D eigenvalue weighted by Crippen LogP contribution is -2.41. The summed E-state index contributed by atoms with van der Waals surface area (Å²) >= 11 is 0.